The van der Waals surface area contributed by atoms with E-state index in [1.165, 1.54) is 7.11 Å². The minimum absolute atomic E-state index is 0.116. The Hall–Kier alpha value is -2.37. The number of amides is 1. The van der Waals surface area contributed by atoms with E-state index < -0.39 is 5.66 Å². The highest BCUT2D eigenvalue weighted by Gasteiger charge is 2.54. The SMILES string of the molecule is COC(=O)c1ccc(CN2C(=O)C(c3cc(Cl)cc(Cl)c3)=NC23C[C@H](C)CC[C@H]3C(C)C)cc1. The number of nitrogens with zero attached hydrogens (tertiary/aromatic N) is 2. The zero-order chi connectivity index (χ0) is 24.6. The monoisotopic (exact) mass is 500 g/mol. The number of benzene rings is 2. The number of aliphatic imine (C=N–C) groups is 1. The van der Waals surface area contributed by atoms with Gasteiger partial charge in [0, 0.05) is 28.1 Å². The van der Waals surface area contributed by atoms with Crippen molar-refractivity contribution in [2.45, 2.75) is 52.2 Å². The van der Waals surface area contributed by atoms with Gasteiger partial charge in [0.15, 0.2) is 0 Å². The van der Waals surface area contributed by atoms with Crippen LogP contribution in [0.4, 0.5) is 0 Å². The number of hydrogen-bond acceptors (Lipinski definition) is 4. The molecule has 1 spiro atoms. The number of methoxy groups -OCH3 is 1. The maximum atomic E-state index is 13.9. The molecule has 1 heterocycles. The molecule has 1 amide bonds. The molecule has 1 saturated carbocycles. The Morgan fingerprint density at radius 1 is 1.15 bits per heavy atom. The second-order valence-corrected chi connectivity index (χ2v) is 10.7. The number of esters is 1. The Balaban J connectivity index is 1.78. The molecule has 180 valence electrons. The molecule has 2 aromatic rings. The van der Waals surface area contributed by atoms with Gasteiger partial charge in [-0.05, 0) is 60.6 Å². The first kappa shape index (κ1) is 24.7. The summed E-state index contributed by atoms with van der Waals surface area (Å²) >= 11 is 12.5. The van der Waals surface area contributed by atoms with Gasteiger partial charge in [-0.2, -0.15) is 0 Å². The molecule has 34 heavy (non-hydrogen) atoms. The molecule has 0 bridgehead atoms. The predicted octanol–water partition coefficient (Wildman–Crippen LogP) is 6.40. The van der Waals surface area contributed by atoms with Crippen LogP contribution in [0.15, 0.2) is 47.5 Å². The summed E-state index contributed by atoms with van der Waals surface area (Å²) in [6.45, 7) is 7.05. The Morgan fingerprint density at radius 2 is 1.79 bits per heavy atom. The van der Waals surface area contributed by atoms with Gasteiger partial charge in [0.05, 0.1) is 12.7 Å². The number of hydrogen-bond donors (Lipinski definition) is 0. The smallest absolute Gasteiger partial charge is 0.337 e. The quantitative estimate of drug-likeness (QED) is 0.446. The van der Waals surface area contributed by atoms with Crippen molar-refractivity contribution in [2.75, 3.05) is 7.11 Å². The molecular formula is C27H30Cl2N2O3. The summed E-state index contributed by atoms with van der Waals surface area (Å²) in [7, 11) is 1.36. The highest BCUT2D eigenvalue weighted by molar-refractivity contribution is 6.47. The Morgan fingerprint density at radius 3 is 2.38 bits per heavy atom. The van der Waals surface area contributed by atoms with Gasteiger partial charge in [0.1, 0.15) is 11.4 Å². The number of carbonyl (C=O) groups is 2. The number of carbonyl (C=O) groups excluding carboxylic acids is 2. The average molecular weight is 501 g/mol. The molecule has 2 aliphatic rings. The maximum absolute atomic E-state index is 13.9. The molecule has 2 aromatic carbocycles. The lowest BCUT2D eigenvalue weighted by molar-refractivity contribution is -0.134. The van der Waals surface area contributed by atoms with Crippen LogP contribution in [0.2, 0.25) is 10.0 Å². The molecule has 0 radical (unpaired) electrons. The number of rotatable bonds is 5. The fourth-order valence-electron chi connectivity index (χ4n) is 5.51. The predicted molar refractivity (Wildman–Crippen MR) is 135 cm³/mol. The van der Waals surface area contributed by atoms with Crippen molar-refractivity contribution in [1.29, 1.82) is 0 Å². The Labute approximate surface area is 211 Å². The van der Waals surface area contributed by atoms with Gasteiger partial charge in [0.2, 0.25) is 0 Å². The zero-order valence-electron chi connectivity index (χ0n) is 20.0. The summed E-state index contributed by atoms with van der Waals surface area (Å²) in [6.07, 6.45) is 2.94. The lowest BCUT2D eigenvalue weighted by Gasteiger charge is -2.49. The van der Waals surface area contributed by atoms with Crippen LogP contribution in [0.5, 0.6) is 0 Å². The molecule has 0 N–H and O–H groups in total. The highest BCUT2D eigenvalue weighted by Crippen LogP contribution is 2.49. The topological polar surface area (TPSA) is 59.0 Å². The molecule has 1 unspecified atom stereocenters. The van der Waals surface area contributed by atoms with Crippen molar-refractivity contribution in [3.05, 3.63) is 69.2 Å². The number of halogens is 2. The van der Waals surface area contributed by atoms with Crippen LogP contribution < -0.4 is 0 Å². The molecule has 5 nitrogen and oxygen atoms in total. The van der Waals surface area contributed by atoms with Crippen molar-refractivity contribution in [2.24, 2.45) is 22.7 Å². The van der Waals surface area contributed by atoms with Crippen LogP contribution in [0, 0.1) is 17.8 Å². The zero-order valence-corrected chi connectivity index (χ0v) is 21.5. The first-order valence-electron chi connectivity index (χ1n) is 11.7. The van der Waals surface area contributed by atoms with Crippen molar-refractivity contribution < 1.29 is 14.3 Å². The molecule has 1 aliphatic heterocycles. The third kappa shape index (κ3) is 4.60. The minimum Gasteiger partial charge on any atom is -0.465 e. The van der Waals surface area contributed by atoms with Gasteiger partial charge in [-0.15, -0.1) is 0 Å². The Kier molecular flexibility index (Phi) is 7.07. The summed E-state index contributed by atoms with van der Waals surface area (Å²) in [6, 6.07) is 12.4. The van der Waals surface area contributed by atoms with Gasteiger partial charge in [-0.3, -0.25) is 9.79 Å². The van der Waals surface area contributed by atoms with Crippen LogP contribution in [0.25, 0.3) is 0 Å². The van der Waals surface area contributed by atoms with Gasteiger partial charge in [-0.25, -0.2) is 4.79 Å². The minimum atomic E-state index is -0.631. The van der Waals surface area contributed by atoms with Crippen LogP contribution in [-0.4, -0.2) is 35.3 Å². The lowest BCUT2D eigenvalue weighted by atomic mass is 9.69. The van der Waals surface area contributed by atoms with E-state index in [2.05, 4.69) is 20.8 Å². The van der Waals surface area contributed by atoms with Crippen LogP contribution in [-0.2, 0) is 16.1 Å². The van der Waals surface area contributed by atoms with E-state index in [1.807, 2.05) is 17.0 Å². The second kappa shape index (κ2) is 9.71. The average Bonchev–Trinajstić information content (AvgIpc) is 3.04. The van der Waals surface area contributed by atoms with Gasteiger partial charge in [0.25, 0.3) is 5.91 Å². The maximum Gasteiger partial charge on any atom is 0.337 e. The van der Waals surface area contributed by atoms with Crippen molar-refractivity contribution in [3.63, 3.8) is 0 Å². The van der Waals surface area contributed by atoms with E-state index in [-0.39, 0.29) is 17.8 Å². The van der Waals surface area contributed by atoms with Crippen LogP contribution in [0.1, 0.15) is 61.5 Å². The van der Waals surface area contributed by atoms with E-state index in [4.69, 9.17) is 32.9 Å². The molecule has 3 atom stereocenters. The van der Waals surface area contributed by atoms with Gasteiger partial charge >= 0.3 is 5.97 Å². The molecule has 1 aliphatic carbocycles. The van der Waals surface area contributed by atoms with Gasteiger partial charge in [-0.1, -0.05) is 62.5 Å². The fourth-order valence-corrected chi connectivity index (χ4v) is 6.03. The summed E-state index contributed by atoms with van der Waals surface area (Å²) in [5, 5.41) is 0.947. The van der Waals surface area contributed by atoms with E-state index in [9.17, 15) is 9.59 Å². The normalized spacial score (nSPS) is 24.6. The second-order valence-electron chi connectivity index (χ2n) is 9.81. The molecule has 4 rings (SSSR count). The summed E-state index contributed by atoms with van der Waals surface area (Å²) in [5.74, 6) is 0.530. The molecular weight excluding hydrogens is 471 g/mol. The van der Waals surface area contributed by atoms with Gasteiger partial charge < -0.3 is 9.64 Å². The van der Waals surface area contributed by atoms with E-state index >= 15 is 0 Å². The van der Waals surface area contributed by atoms with E-state index in [0.29, 0.717) is 45.3 Å². The molecule has 0 saturated heterocycles. The third-order valence-corrected chi connectivity index (χ3v) is 7.53. The summed E-state index contributed by atoms with van der Waals surface area (Å²) in [4.78, 5) is 32.9. The molecule has 0 aromatic heterocycles. The fraction of sp³-hybridized carbons (Fsp3) is 0.444. The van der Waals surface area contributed by atoms with Crippen LogP contribution in [0.3, 0.4) is 0 Å². The van der Waals surface area contributed by atoms with E-state index in [1.54, 1.807) is 30.3 Å². The van der Waals surface area contributed by atoms with Crippen LogP contribution >= 0.6 is 23.2 Å². The van der Waals surface area contributed by atoms with Crippen molar-refractivity contribution >= 4 is 40.8 Å². The molecule has 7 heteroatoms. The largest absolute Gasteiger partial charge is 0.465 e. The van der Waals surface area contributed by atoms with Crippen molar-refractivity contribution in [1.82, 2.24) is 4.90 Å². The van der Waals surface area contributed by atoms with E-state index in [0.717, 1.165) is 24.8 Å². The summed E-state index contributed by atoms with van der Waals surface area (Å²) < 4.78 is 4.81. The Bertz CT molecular complexity index is 1110. The molecule has 1 fully saturated rings. The third-order valence-electron chi connectivity index (χ3n) is 7.09. The lowest BCUT2D eigenvalue weighted by Crippen LogP contribution is -2.55. The highest BCUT2D eigenvalue weighted by atomic mass is 35.5. The number of ether oxygens (including phenoxy) is 1. The first-order valence-corrected chi connectivity index (χ1v) is 12.5. The first-order chi connectivity index (χ1) is 16.1. The van der Waals surface area contributed by atoms with Crippen molar-refractivity contribution in [3.8, 4) is 0 Å². The standard InChI is InChI=1S/C27H30Cl2N2O3/c1-16(2)23-10-5-17(3)14-27(23)30-24(20-11-21(28)13-22(29)12-20)25(32)31(27)15-18-6-8-19(9-7-18)26(33)34-4/h6-9,11-13,16-17,23H,5,10,14-15H2,1-4H3/t17-,23+,27?/m1/s1. The summed E-state index contributed by atoms with van der Waals surface area (Å²) in [5.41, 5.74) is 1.84.